The Morgan fingerprint density at radius 2 is 2.00 bits per heavy atom. The third-order valence-electron chi connectivity index (χ3n) is 2.89. The lowest BCUT2D eigenvalue weighted by atomic mass is 9.86. The third-order valence-corrected chi connectivity index (χ3v) is 2.89. The fraction of sp³-hybridized carbons (Fsp3) is 0.571. The lowest BCUT2D eigenvalue weighted by Crippen LogP contribution is -2.32. The van der Waals surface area contributed by atoms with Crippen molar-refractivity contribution in [1.82, 2.24) is 0 Å². The van der Waals surface area contributed by atoms with E-state index in [9.17, 15) is 0 Å². The van der Waals surface area contributed by atoms with Crippen molar-refractivity contribution in [2.24, 2.45) is 5.73 Å². The Bertz CT molecular complexity index is 369. The summed E-state index contributed by atoms with van der Waals surface area (Å²) >= 11 is 0. The van der Waals surface area contributed by atoms with Crippen molar-refractivity contribution in [1.29, 1.82) is 0 Å². The Labute approximate surface area is 104 Å². The summed E-state index contributed by atoms with van der Waals surface area (Å²) in [6.07, 6.45) is 0. The molecule has 0 aliphatic heterocycles. The molecule has 96 valence electrons. The normalized spacial score (nSPS) is 13.5. The first-order chi connectivity index (χ1) is 7.84. The average Bonchev–Trinajstić information content (AvgIpc) is 2.26. The Kier molecular flexibility index (Phi) is 4.54. The summed E-state index contributed by atoms with van der Waals surface area (Å²) in [5, 5.41) is 12.2. The van der Waals surface area contributed by atoms with E-state index in [-0.39, 0.29) is 18.1 Å². The number of aliphatic hydroxyl groups is 1. The van der Waals surface area contributed by atoms with Gasteiger partial charge in [-0.05, 0) is 29.5 Å². The molecule has 0 saturated carbocycles. The van der Waals surface area contributed by atoms with E-state index >= 15 is 0 Å². The fourth-order valence-electron chi connectivity index (χ4n) is 1.58. The third kappa shape index (κ3) is 4.02. The largest absolute Gasteiger partial charge is 0.395 e. The van der Waals surface area contributed by atoms with E-state index in [1.54, 1.807) is 0 Å². The second-order valence-electron chi connectivity index (χ2n) is 5.60. The standard InChI is InChI=1S/C14H24N2O/c1-10-5-6-11(14(2,3)4)7-13(10)16-8-12(15)9-17/h5-7,12,16-17H,8-9,15H2,1-4H3. The van der Waals surface area contributed by atoms with Crippen LogP contribution >= 0.6 is 0 Å². The lowest BCUT2D eigenvalue weighted by molar-refractivity contribution is 0.270. The van der Waals surface area contributed by atoms with E-state index in [1.165, 1.54) is 11.1 Å². The average molecular weight is 236 g/mol. The highest BCUT2D eigenvalue weighted by Crippen LogP contribution is 2.26. The topological polar surface area (TPSA) is 58.3 Å². The number of nitrogens with two attached hydrogens (primary N) is 1. The molecule has 0 radical (unpaired) electrons. The molecule has 0 fully saturated rings. The number of anilines is 1. The van der Waals surface area contributed by atoms with Gasteiger partial charge in [-0.25, -0.2) is 0 Å². The molecule has 1 aromatic carbocycles. The van der Waals surface area contributed by atoms with Crippen LogP contribution in [0.5, 0.6) is 0 Å². The molecule has 4 N–H and O–H groups in total. The van der Waals surface area contributed by atoms with Crippen molar-refractivity contribution in [2.45, 2.75) is 39.2 Å². The zero-order valence-corrected chi connectivity index (χ0v) is 11.2. The second-order valence-corrected chi connectivity index (χ2v) is 5.60. The molecule has 1 atom stereocenters. The van der Waals surface area contributed by atoms with Crippen LogP contribution < -0.4 is 11.1 Å². The molecule has 0 spiro atoms. The highest BCUT2D eigenvalue weighted by Gasteiger charge is 2.14. The van der Waals surface area contributed by atoms with Gasteiger partial charge in [-0.2, -0.15) is 0 Å². The molecule has 1 rings (SSSR count). The molecule has 1 aromatic rings. The zero-order valence-electron chi connectivity index (χ0n) is 11.2. The van der Waals surface area contributed by atoms with Gasteiger partial charge >= 0.3 is 0 Å². The smallest absolute Gasteiger partial charge is 0.0599 e. The second kappa shape index (κ2) is 5.52. The van der Waals surface area contributed by atoms with Gasteiger partial charge in [-0.1, -0.05) is 32.9 Å². The fourth-order valence-corrected chi connectivity index (χ4v) is 1.58. The molecule has 3 nitrogen and oxygen atoms in total. The minimum absolute atomic E-state index is 0.00497. The maximum atomic E-state index is 8.90. The molecule has 0 heterocycles. The van der Waals surface area contributed by atoms with E-state index in [1.807, 2.05) is 0 Å². The van der Waals surface area contributed by atoms with Crippen LogP contribution in [0.1, 0.15) is 31.9 Å². The predicted molar refractivity (Wildman–Crippen MR) is 73.4 cm³/mol. The van der Waals surface area contributed by atoms with Gasteiger partial charge in [-0.15, -0.1) is 0 Å². The number of aliphatic hydroxyl groups excluding tert-OH is 1. The monoisotopic (exact) mass is 236 g/mol. The Balaban J connectivity index is 2.84. The van der Waals surface area contributed by atoms with Crippen molar-refractivity contribution in [3.63, 3.8) is 0 Å². The van der Waals surface area contributed by atoms with Crippen molar-refractivity contribution >= 4 is 5.69 Å². The maximum absolute atomic E-state index is 8.90. The molecule has 0 aromatic heterocycles. The Morgan fingerprint density at radius 1 is 1.35 bits per heavy atom. The van der Waals surface area contributed by atoms with Gasteiger partial charge in [-0.3, -0.25) is 0 Å². The molecule has 0 aliphatic carbocycles. The van der Waals surface area contributed by atoms with Crippen LogP contribution in [-0.4, -0.2) is 24.3 Å². The van der Waals surface area contributed by atoms with Crippen molar-refractivity contribution in [3.05, 3.63) is 29.3 Å². The van der Waals surface area contributed by atoms with Crippen LogP contribution in [0, 0.1) is 6.92 Å². The molecule has 0 aliphatic rings. The van der Waals surface area contributed by atoms with E-state index in [2.05, 4.69) is 51.2 Å². The van der Waals surface area contributed by atoms with E-state index < -0.39 is 0 Å². The molecule has 0 saturated heterocycles. The number of aryl methyl sites for hydroxylation is 1. The van der Waals surface area contributed by atoms with E-state index in [0.717, 1.165) is 5.69 Å². The summed E-state index contributed by atoms with van der Waals surface area (Å²) in [4.78, 5) is 0. The molecule has 0 bridgehead atoms. The van der Waals surface area contributed by atoms with E-state index in [4.69, 9.17) is 10.8 Å². The summed E-state index contributed by atoms with van der Waals surface area (Å²) in [5.41, 5.74) is 9.41. The Hall–Kier alpha value is -1.06. The molecule has 1 unspecified atom stereocenters. The quantitative estimate of drug-likeness (QED) is 0.749. The number of hydrogen-bond donors (Lipinski definition) is 3. The number of nitrogens with one attached hydrogen (secondary N) is 1. The van der Waals surface area contributed by atoms with Crippen LogP contribution in [0.3, 0.4) is 0 Å². The minimum atomic E-state index is -0.215. The summed E-state index contributed by atoms with van der Waals surface area (Å²) in [6, 6.07) is 6.23. The highest BCUT2D eigenvalue weighted by atomic mass is 16.3. The van der Waals surface area contributed by atoms with Crippen LogP contribution in [0.2, 0.25) is 0 Å². The first kappa shape index (κ1) is 14.0. The predicted octanol–water partition coefficient (Wildman–Crippen LogP) is 2.02. The van der Waals surface area contributed by atoms with Crippen LogP contribution in [0.4, 0.5) is 5.69 Å². The highest BCUT2D eigenvalue weighted by molar-refractivity contribution is 5.53. The van der Waals surface area contributed by atoms with Gasteiger partial charge < -0.3 is 16.2 Å². The lowest BCUT2D eigenvalue weighted by Gasteiger charge is -2.21. The maximum Gasteiger partial charge on any atom is 0.0599 e. The molecule has 0 amide bonds. The number of rotatable bonds is 4. The van der Waals surface area contributed by atoms with Gasteiger partial charge in [0, 0.05) is 18.3 Å². The molecule has 17 heavy (non-hydrogen) atoms. The van der Waals surface area contributed by atoms with E-state index in [0.29, 0.717) is 6.54 Å². The van der Waals surface area contributed by atoms with Gasteiger partial charge in [0.2, 0.25) is 0 Å². The van der Waals surface area contributed by atoms with Gasteiger partial charge in [0.25, 0.3) is 0 Å². The minimum Gasteiger partial charge on any atom is -0.395 e. The zero-order chi connectivity index (χ0) is 13.1. The SMILES string of the molecule is Cc1ccc(C(C)(C)C)cc1NCC(N)CO. The van der Waals surface area contributed by atoms with Crippen LogP contribution in [0.15, 0.2) is 18.2 Å². The summed E-state index contributed by atoms with van der Waals surface area (Å²) < 4.78 is 0. The molecular weight excluding hydrogens is 212 g/mol. The van der Waals surface area contributed by atoms with Crippen LogP contribution in [0.25, 0.3) is 0 Å². The number of hydrogen-bond acceptors (Lipinski definition) is 3. The van der Waals surface area contributed by atoms with Gasteiger partial charge in [0.15, 0.2) is 0 Å². The van der Waals surface area contributed by atoms with Crippen molar-refractivity contribution in [3.8, 4) is 0 Å². The number of benzene rings is 1. The summed E-state index contributed by atoms with van der Waals surface area (Å²) in [7, 11) is 0. The van der Waals surface area contributed by atoms with Crippen molar-refractivity contribution in [2.75, 3.05) is 18.5 Å². The van der Waals surface area contributed by atoms with Crippen LogP contribution in [-0.2, 0) is 5.41 Å². The molecule has 3 heteroatoms. The van der Waals surface area contributed by atoms with Crippen molar-refractivity contribution < 1.29 is 5.11 Å². The summed E-state index contributed by atoms with van der Waals surface area (Å²) in [5.74, 6) is 0. The molecular formula is C14H24N2O. The first-order valence-electron chi connectivity index (χ1n) is 6.06. The Morgan fingerprint density at radius 3 is 2.53 bits per heavy atom. The van der Waals surface area contributed by atoms with Gasteiger partial charge in [0.1, 0.15) is 0 Å². The first-order valence-corrected chi connectivity index (χ1v) is 6.06. The summed E-state index contributed by atoms with van der Waals surface area (Å²) in [6.45, 7) is 9.25. The van der Waals surface area contributed by atoms with Gasteiger partial charge in [0.05, 0.1) is 6.61 Å².